The third-order valence-corrected chi connectivity index (χ3v) is 5.13. The molecular weight excluding hydrogens is 276 g/mol. The second kappa shape index (κ2) is 5.43. The van der Waals surface area contributed by atoms with Gasteiger partial charge in [-0.25, -0.2) is 4.98 Å². The first-order chi connectivity index (χ1) is 9.25. The van der Waals surface area contributed by atoms with Gasteiger partial charge in [-0.1, -0.05) is 0 Å². The summed E-state index contributed by atoms with van der Waals surface area (Å²) in [6.07, 6.45) is 3.44. The van der Waals surface area contributed by atoms with Crippen LogP contribution in [0.1, 0.15) is 36.7 Å². The van der Waals surface area contributed by atoms with Crippen LogP contribution in [0.2, 0.25) is 0 Å². The van der Waals surface area contributed by atoms with Crippen LogP contribution >= 0.6 is 22.7 Å². The average Bonchev–Trinajstić information content (AvgIpc) is 3.09. The molecule has 0 unspecified atom stereocenters. The number of piperidine rings is 1. The van der Waals surface area contributed by atoms with E-state index in [9.17, 15) is 4.79 Å². The van der Waals surface area contributed by atoms with Gasteiger partial charge in [0.1, 0.15) is 10.7 Å². The van der Waals surface area contributed by atoms with E-state index >= 15 is 0 Å². The summed E-state index contributed by atoms with van der Waals surface area (Å²) in [7, 11) is 0. The summed E-state index contributed by atoms with van der Waals surface area (Å²) in [4.78, 5) is 18.9. The van der Waals surface area contributed by atoms with Crippen LogP contribution in [0.15, 0.2) is 22.2 Å². The molecule has 2 aromatic heterocycles. The van der Waals surface area contributed by atoms with E-state index in [1.807, 2.05) is 21.7 Å². The van der Waals surface area contributed by atoms with E-state index in [1.54, 1.807) is 22.7 Å². The van der Waals surface area contributed by atoms with E-state index in [0.717, 1.165) is 30.0 Å². The molecule has 0 bridgehead atoms. The standard InChI is InChI=1S/C14H16N2OS2/c1-10-4-2-3-6-16(10)14(17)12-9-19-13(15-12)11-5-7-18-8-11/h5,7-10H,2-4,6H2,1H3/t10-/m0/s1. The third kappa shape index (κ3) is 2.58. The van der Waals surface area contributed by atoms with Crippen molar-refractivity contribution in [2.75, 3.05) is 6.54 Å². The Morgan fingerprint density at radius 1 is 1.42 bits per heavy atom. The molecule has 3 nitrogen and oxygen atoms in total. The van der Waals surface area contributed by atoms with Gasteiger partial charge in [-0.3, -0.25) is 4.79 Å². The smallest absolute Gasteiger partial charge is 0.273 e. The molecule has 0 aromatic carbocycles. The highest BCUT2D eigenvalue weighted by Crippen LogP contribution is 2.27. The highest BCUT2D eigenvalue weighted by Gasteiger charge is 2.25. The van der Waals surface area contributed by atoms with Gasteiger partial charge in [-0.2, -0.15) is 11.3 Å². The summed E-state index contributed by atoms with van der Waals surface area (Å²) in [6, 6.07) is 2.38. The summed E-state index contributed by atoms with van der Waals surface area (Å²) in [5, 5.41) is 6.92. The number of hydrogen-bond acceptors (Lipinski definition) is 4. The van der Waals surface area contributed by atoms with Crippen molar-refractivity contribution in [3.05, 3.63) is 27.9 Å². The number of rotatable bonds is 2. The molecule has 19 heavy (non-hydrogen) atoms. The first kappa shape index (κ1) is 12.8. The summed E-state index contributed by atoms with van der Waals surface area (Å²) < 4.78 is 0. The molecule has 1 aliphatic heterocycles. The van der Waals surface area contributed by atoms with E-state index in [1.165, 1.54) is 6.42 Å². The van der Waals surface area contributed by atoms with Crippen molar-refractivity contribution in [2.45, 2.75) is 32.2 Å². The molecule has 1 fully saturated rings. The molecule has 0 N–H and O–H groups in total. The Bertz CT molecular complexity index is 562. The van der Waals surface area contributed by atoms with E-state index < -0.39 is 0 Å². The summed E-state index contributed by atoms with van der Waals surface area (Å²) in [5.74, 6) is 0.0879. The molecule has 0 aliphatic carbocycles. The SMILES string of the molecule is C[C@H]1CCCCN1C(=O)c1csc(-c2ccsc2)n1. The van der Waals surface area contributed by atoms with Gasteiger partial charge in [0.25, 0.3) is 5.91 Å². The molecule has 1 aliphatic rings. The normalized spacial score (nSPS) is 19.6. The van der Waals surface area contributed by atoms with Crippen molar-refractivity contribution in [2.24, 2.45) is 0 Å². The Kier molecular flexibility index (Phi) is 3.66. The number of carbonyl (C=O) groups is 1. The van der Waals surface area contributed by atoms with Crippen molar-refractivity contribution in [1.82, 2.24) is 9.88 Å². The zero-order valence-corrected chi connectivity index (χ0v) is 12.5. The number of hydrogen-bond donors (Lipinski definition) is 0. The fourth-order valence-corrected chi connectivity index (χ4v) is 3.94. The molecule has 1 amide bonds. The molecular formula is C14H16N2OS2. The van der Waals surface area contributed by atoms with Crippen molar-refractivity contribution in [3.63, 3.8) is 0 Å². The maximum atomic E-state index is 12.5. The molecule has 0 saturated carbocycles. The van der Waals surface area contributed by atoms with E-state index in [0.29, 0.717) is 11.7 Å². The predicted octanol–water partition coefficient (Wildman–Crippen LogP) is 3.89. The van der Waals surface area contributed by atoms with Crippen LogP contribution in [0.25, 0.3) is 10.6 Å². The second-order valence-corrected chi connectivity index (χ2v) is 6.53. The van der Waals surface area contributed by atoms with Gasteiger partial charge in [-0.05, 0) is 37.6 Å². The van der Waals surface area contributed by atoms with Crippen molar-refractivity contribution >= 4 is 28.6 Å². The topological polar surface area (TPSA) is 33.2 Å². The summed E-state index contributed by atoms with van der Waals surface area (Å²) in [5.41, 5.74) is 1.71. The monoisotopic (exact) mass is 292 g/mol. The summed E-state index contributed by atoms with van der Waals surface area (Å²) >= 11 is 3.20. The number of thiazole rings is 1. The highest BCUT2D eigenvalue weighted by atomic mass is 32.1. The molecule has 3 rings (SSSR count). The first-order valence-corrected chi connectivity index (χ1v) is 8.37. The molecule has 3 heterocycles. The van der Waals surface area contributed by atoms with E-state index in [2.05, 4.69) is 17.3 Å². The first-order valence-electron chi connectivity index (χ1n) is 6.55. The van der Waals surface area contributed by atoms with Crippen molar-refractivity contribution in [1.29, 1.82) is 0 Å². The fourth-order valence-electron chi connectivity index (χ4n) is 2.44. The van der Waals surface area contributed by atoms with Crippen LogP contribution in [0.4, 0.5) is 0 Å². The van der Waals surface area contributed by atoms with Gasteiger partial charge < -0.3 is 4.90 Å². The summed E-state index contributed by atoms with van der Waals surface area (Å²) in [6.45, 7) is 2.99. The fraction of sp³-hybridized carbons (Fsp3) is 0.429. The van der Waals surface area contributed by atoms with Gasteiger partial charge >= 0.3 is 0 Å². The van der Waals surface area contributed by atoms with Crippen LogP contribution < -0.4 is 0 Å². The van der Waals surface area contributed by atoms with E-state index in [-0.39, 0.29) is 5.91 Å². The Morgan fingerprint density at radius 2 is 2.32 bits per heavy atom. The Labute approximate surface area is 120 Å². The van der Waals surface area contributed by atoms with Crippen molar-refractivity contribution in [3.8, 4) is 10.6 Å². The molecule has 2 aromatic rings. The van der Waals surface area contributed by atoms with Gasteiger partial charge in [0, 0.05) is 28.9 Å². The quantitative estimate of drug-likeness (QED) is 0.841. The predicted molar refractivity (Wildman–Crippen MR) is 79.8 cm³/mol. The van der Waals surface area contributed by atoms with E-state index in [4.69, 9.17) is 0 Å². The molecule has 0 spiro atoms. The Hall–Kier alpha value is -1.20. The van der Waals surface area contributed by atoms with Crippen molar-refractivity contribution < 1.29 is 4.79 Å². The van der Waals surface area contributed by atoms with Crippen LogP contribution in [0.5, 0.6) is 0 Å². The zero-order valence-electron chi connectivity index (χ0n) is 10.8. The lowest BCUT2D eigenvalue weighted by atomic mass is 10.0. The number of amides is 1. The van der Waals surface area contributed by atoms with Gasteiger partial charge in [0.2, 0.25) is 0 Å². The number of aromatic nitrogens is 1. The van der Waals surface area contributed by atoms with Crippen LogP contribution in [-0.4, -0.2) is 28.4 Å². The average molecular weight is 292 g/mol. The number of likely N-dealkylation sites (tertiary alicyclic amines) is 1. The lowest BCUT2D eigenvalue weighted by molar-refractivity contribution is 0.0630. The minimum Gasteiger partial charge on any atom is -0.335 e. The number of carbonyl (C=O) groups excluding carboxylic acids is 1. The second-order valence-electron chi connectivity index (χ2n) is 4.89. The van der Waals surface area contributed by atoms with Crippen LogP contribution in [0, 0.1) is 0 Å². The molecule has 1 saturated heterocycles. The largest absolute Gasteiger partial charge is 0.335 e. The maximum absolute atomic E-state index is 12.5. The van der Waals surface area contributed by atoms with Gasteiger partial charge in [-0.15, -0.1) is 11.3 Å². The minimum atomic E-state index is 0.0879. The van der Waals surface area contributed by atoms with Gasteiger partial charge in [0.05, 0.1) is 0 Å². The molecule has 5 heteroatoms. The lowest BCUT2D eigenvalue weighted by Crippen LogP contribution is -2.42. The van der Waals surface area contributed by atoms with Crippen LogP contribution in [-0.2, 0) is 0 Å². The minimum absolute atomic E-state index is 0.0879. The Balaban J connectivity index is 1.80. The lowest BCUT2D eigenvalue weighted by Gasteiger charge is -2.32. The number of nitrogens with zero attached hydrogens (tertiary/aromatic N) is 2. The van der Waals surface area contributed by atoms with Crippen LogP contribution in [0.3, 0.4) is 0 Å². The third-order valence-electron chi connectivity index (χ3n) is 3.56. The molecule has 1 atom stereocenters. The van der Waals surface area contributed by atoms with Gasteiger partial charge in [0.15, 0.2) is 0 Å². The number of thiophene rings is 1. The highest BCUT2D eigenvalue weighted by molar-refractivity contribution is 7.14. The Morgan fingerprint density at radius 3 is 3.05 bits per heavy atom. The zero-order chi connectivity index (χ0) is 13.2. The molecule has 0 radical (unpaired) electrons. The molecule has 100 valence electrons. The maximum Gasteiger partial charge on any atom is 0.273 e.